The van der Waals surface area contributed by atoms with Gasteiger partial charge in [-0.3, -0.25) is 9.48 Å². The van der Waals surface area contributed by atoms with Crippen molar-refractivity contribution < 1.29 is 4.79 Å². The number of benzene rings is 1. The molecule has 4 heteroatoms. The number of carbonyl (C=O) groups excluding carboxylic acids is 1. The SMILES string of the molecule is Cn1ncc2ccc(NC(=O)C3CC3)cc21. The van der Waals surface area contributed by atoms with E-state index >= 15 is 0 Å². The van der Waals surface area contributed by atoms with Gasteiger partial charge in [0.25, 0.3) is 0 Å². The number of aromatic nitrogens is 2. The Morgan fingerprint density at radius 3 is 3.06 bits per heavy atom. The van der Waals surface area contributed by atoms with Gasteiger partial charge in [-0.2, -0.15) is 5.10 Å². The van der Waals surface area contributed by atoms with Crippen LogP contribution in [0.3, 0.4) is 0 Å². The normalized spacial score (nSPS) is 15.3. The van der Waals surface area contributed by atoms with Gasteiger partial charge >= 0.3 is 0 Å². The number of carbonyl (C=O) groups is 1. The van der Waals surface area contributed by atoms with E-state index in [9.17, 15) is 4.79 Å². The molecule has 0 bridgehead atoms. The molecular formula is C12H13N3O. The number of nitrogens with zero attached hydrogens (tertiary/aromatic N) is 2. The van der Waals surface area contributed by atoms with Gasteiger partial charge in [0.1, 0.15) is 0 Å². The molecule has 1 fully saturated rings. The summed E-state index contributed by atoms with van der Waals surface area (Å²) in [6.07, 6.45) is 3.88. The Balaban J connectivity index is 1.91. The van der Waals surface area contributed by atoms with Crippen LogP contribution in [0, 0.1) is 5.92 Å². The van der Waals surface area contributed by atoms with Crippen LogP contribution in [0.2, 0.25) is 0 Å². The van der Waals surface area contributed by atoms with Gasteiger partial charge in [-0.05, 0) is 31.0 Å². The Bertz CT molecular complexity index is 554. The topological polar surface area (TPSA) is 46.9 Å². The van der Waals surface area contributed by atoms with Crippen LogP contribution in [0.15, 0.2) is 24.4 Å². The summed E-state index contributed by atoms with van der Waals surface area (Å²) in [5.41, 5.74) is 1.89. The van der Waals surface area contributed by atoms with E-state index in [-0.39, 0.29) is 11.8 Å². The molecule has 1 amide bonds. The van der Waals surface area contributed by atoms with Gasteiger partial charge in [-0.1, -0.05) is 0 Å². The lowest BCUT2D eigenvalue weighted by atomic mass is 10.2. The molecule has 0 spiro atoms. The average Bonchev–Trinajstić information content (AvgIpc) is 3.06. The van der Waals surface area contributed by atoms with Crippen LogP contribution in [0.5, 0.6) is 0 Å². The molecule has 1 aromatic heterocycles. The van der Waals surface area contributed by atoms with Crippen molar-refractivity contribution in [1.82, 2.24) is 9.78 Å². The lowest BCUT2D eigenvalue weighted by molar-refractivity contribution is -0.117. The molecule has 1 aliphatic carbocycles. The maximum Gasteiger partial charge on any atom is 0.227 e. The summed E-state index contributed by atoms with van der Waals surface area (Å²) >= 11 is 0. The summed E-state index contributed by atoms with van der Waals surface area (Å²) in [5.74, 6) is 0.378. The third-order valence-electron chi connectivity index (χ3n) is 2.96. The van der Waals surface area contributed by atoms with Crippen LogP contribution in [-0.2, 0) is 11.8 Å². The monoisotopic (exact) mass is 215 g/mol. The number of rotatable bonds is 2. The standard InChI is InChI=1S/C12H13N3O/c1-15-11-6-10(5-4-9(11)7-13-15)14-12(16)8-2-3-8/h4-8H,2-3H2,1H3,(H,14,16). The van der Waals surface area contributed by atoms with Gasteiger partial charge in [0.05, 0.1) is 11.7 Å². The van der Waals surface area contributed by atoms with E-state index in [2.05, 4.69) is 10.4 Å². The van der Waals surface area contributed by atoms with E-state index in [1.54, 1.807) is 0 Å². The van der Waals surface area contributed by atoms with Gasteiger partial charge in [0.2, 0.25) is 5.91 Å². The zero-order valence-corrected chi connectivity index (χ0v) is 9.10. The molecule has 0 unspecified atom stereocenters. The Hall–Kier alpha value is -1.84. The molecule has 0 saturated heterocycles. The highest BCUT2D eigenvalue weighted by Gasteiger charge is 2.29. The molecular weight excluding hydrogens is 202 g/mol. The van der Waals surface area contributed by atoms with E-state index in [0.29, 0.717) is 0 Å². The highest BCUT2D eigenvalue weighted by atomic mass is 16.2. The maximum absolute atomic E-state index is 11.6. The number of aryl methyl sites for hydroxylation is 1. The fourth-order valence-electron chi connectivity index (χ4n) is 1.81. The minimum Gasteiger partial charge on any atom is -0.326 e. The van der Waals surface area contributed by atoms with Crippen LogP contribution in [0.4, 0.5) is 5.69 Å². The third kappa shape index (κ3) is 1.56. The minimum atomic E-state index is 0.140. The quantitative estimate of drug-likeness (QED) is 0.832. The van der Waals surface area contributed by atoms with Crippen molar-refractivity contribution in [2.45, 2.75) is 12.8 Å². The summed E-state index contributed by atoms with van der Waals surface area (Å²) in [6, 6.07) is 5.86. The number of hydrogen-bond acceptors (Lipinski definition) is 2. The van der Waals surface area contributed by atoms with E-state index < -0.39 is 0 Å². The van der Waals surface area contributed by atoms with Gasteiger partial charge in [0, 0.05) is 24.0 Å². The summed E-state index contributed by atoms with van der Waals surface area (Å²) in [7, 11) is 1.90. The van der Waals surface area contributed by atoms with Crippen molar-refractivity contribution in [3.63, 3.8) is 0 Å². The zero-order chi connectivity index (χ0) is 11.1. The first-order valence-electron chi connectivity index (χ1n) is 5.47. The number of amides is 1. The highest BCUT2D eigenvalue weighted by Crippen LogP contribution is 2.30. The first-order chi connectivity index (χ1) is 7.74. The van der Waals surface area contributed by atoms with Crippen LogP contribution in [0.25, 0.3) is 10.9 Å². The van der Waals surface area contributed by atoms with E-state index in [0.717, 1.165) is 29.4 Å². The molecule has 1 aromatic carbocycles. The van der Waals surface area contributed by atoms with E-state index in [1.165, 1.54) is 0 Å². The summed E-state index contributed by atoms with van der Waals surface area (Å²) in [6.45, 7) is 0. The fourth-order valence-corrected chi connectivity index (χ4v) is 1.81. The third-order valence-corrected chi connectivity index (χ3v) is 2.96. The van der Waals surface area contributed by atoms with Crippen molar-refractivity contribution in [1.29, 1.82) is 0 Å². The first-order valence-corrected chi connectivity index (χ1v) is 5.47. The fraction of sp³-hybridized carbons (Fsp3) is 0.333. The van der Waals surface area contributed by atoms with Crippen LogP contribution in [0.1, 0.15) is 12.8 Å². The van der Waals surface area contributed by atoms with Gasteiger partial charge < -0.3 is 5.32 Å². The molecule has 1 aliphatic rings. The van der Waals surface area contributed by atoms with E-state index in [1.807, 2.05) is 36.1 Å². The molecule has 1 N–H and O–H groups in total. The summed E-state index contributed by atoms with van der Waals surface area (Å²) < 4.78 is 1.81. The van der Waals surface area contributed by atoms with Gasteiger partial charge in [-0.15, -0.1) is 0 Å². The smallest absolute Gasteiger partial charge is 0.227 e. The molecule has 0 aliphatic heterocycles. The highest BCUT2D eigenvalue weighted by molar-refractivity contribution is 5.96. The van der Waals surface area contributed by atoms with Gasteiger partial charge in [0.15, 0.2) is 0 Å². The Morgan fingerprint density at radius 1 is 1.50 bits per heavy atom. The van der Waals surface area contributed by atoms with Crippen molar-refractivity contribution in [2.24, 2.45) is 13.0 Å². The molecule has 82 valence electrons. The molecule has 1 saturated carbocycles. The first kappa shape index (κ1) is 9.39. The maximum atomic E-state index is 11.6. The molecule has 3 rings (SSSR count). The molecule has 16 heavy (non-hydrogen) atoms. The lowest BCUT2D eigenvalue weighted by Crippen LogP contribution is -2.13. The lowest BCUT2D eigenvalue weighted by Gasteiger charge is -2.04. The largest absolute Gasteiger partial charge is 0.326 e. The molecule has 4 nitrogen and oxygen atoms in total. The molecule has 2 aromatic rings. The molecule has 0 radical (unpaired) electrons. The average molecular weight is 215 g/mol. The second-order valence-corrected chi connectivity index (χ2v) is 4.31. The predicted molar refractivity (Wildman–Crippen MR) is 62.1 cm³/mol. The Morgan fingerprint density at radius 2 is 2.31 bits per heavy atom. The number of fused-ring (bicyclic) bond motifs is 1. The Labute approximate surface area is 93.3 Å². The van der Waals surface area contributed by atoms with Crippen molar-refractivity contribution >= 4 is 22.5 Å². The second-order valence-electron chi connectivity index (χ2n) is 4.31. The minimum absolute atomic E-state index is 0.140. The number of anilines is 1. The van der Waals surface area contributed by atoms with E-state index in [4.69, 9.17) is 0 Å². The molecule has 1 heterocycles. The van der Waals surface area contributed by atoms with Crippen molar-refractivity contribution in [3.05, 3.63) is 24.4 Å². The van der Waals surface area contributed by atoms with Crippen LogP contribution < -0.4 is 5.32 Å². The summed E-state index contributed by atoms with van der Waals surface area (Å²) in [5, 5.41) is 8.19. The zero-order valence-electron chi connectivity index (χ0n) is 9.10. The van der Waals surface area contributed by atoms with Crippen molar-refractivity contribution in [2.75, 3.05) is 5.32 Å². The summed E-state index contributed by atoms with van der Waals surface area (Å²) in [4.78, 5) is 11.6. The van der Waals surface area contributed by atoms with Gasteiger partial charge in [-0.25, -0.2) is 0 Å². The number of nitrogens with one attached hydrogen (secondary N) is 1. The Kier molecular flexibility index (Phi) is 1.96. The van der Waals surface area contributed by atoms with Crippen LogP contribution >= 0.6 is 0 Å². The molecule has 0 atom stereocenters. The second kappa shape index (κ2) is 3.33. The predicted octanol–water partition coefficient (Wildman–Crippen LogP) is 1.92. The number of hydrogen-bond donors (Lipinski definition) is 1. The van der Waals surface area contributed by atoms with Crippen molar-refractivity contribution in [3.8, 4) is 0 Å². The van der Waals surface area contributed by atoms with Crippen LogP contribution in [-0.4, -0.2) is 15.7 Å².